The first-order valence-corrected chi connectivity index (χ1v) is 7.83. The third-order valence-corrected chi connectivity index (χ3v) is 4.04. The molecule has 0 unspecified atom stereocenters. The Hall–Kier alpha value is -1.92. The van der Waals surface area contributed by atoms with Gasteiger partial charge in [0, 0.05) is 12.7 Å². The Morgan fingerprint density at radius 3 is 2.70 bits per heavy atom. The molecule has 2 rings (SSSR count). The van der Waals surface area contributed by atoms with E-state index >= 15 is 0 Å². The second-order valence-electron chi connectivity index (χ2n) is 4.25. The van der Waals surface area contributed by atoms with Gasteiger partial charge in [-0.15, -0.1) is 0 Å². The summed E-state index contributed by atoms with van der Waals surface area (Å²) < 4.78 is 27.0. The Balaban J connectivity index is 2.21. The van der Waals surface area contributed by atoms with Gasteiger partial charge in [0.25, 0.3) is 10.0 Å². The quantitative estimate of drug-likeness (QED) is 0.854. The molecule has 0 aliphatic carbocycles. The van der Waals surface area contributed by atoms with E-state index in [1.54, 1.807) is 42.6 Å². The van der Waals surface area contributed by atoms with Gasteiger partial charge in [-0.25, -0.2) is 13.4 Å². The normalized spacial score (nSPS) is 11.2. The largest absolute Gasteiger partial charge is 0.313 e. The van der Waals surface area contributed by atoms with Crippen LogP contribution in [0.15, 0.2) is 53.6 Å². The van der Waals surface area contributed by atoms with Crippen LogP contribution in [0.3, 0.4) is 0 Å². The lowest BCUT2D eigenvalue weighted by Gasteiger charge is -2.09. The third kappa shape index (κ3) is 3.79. The topological polar surface area (TPSA) is 71.1 Å². The van der Waals surface area contributed by atoms with Gasteiger partial charge in [0.15, 0.2) is 0 Å². The maximum Gasteiger partial charge on any atom is 0.263 e. The fourth-order valence-corrected chi connectivity index (χ4v) is 2.79. The van der Waals surface area contributed by atoms with Crippen molar-refractivity contribution in [3.63, 3.8) is 0 Å². The molecular formula is C14H17N3O2S. The van der Waals surface area contributed by atoms with Crippen LogP contribution in [-0.4, -0.2) is 19.9 Å². The van der Waals surface area contributed by atoms with Crippen molar-refractivity contribution in [3.8, 4) is 0 Å². The van der Waals surface area contributed by atoms with Crippen molar-refractivity contribution in [3.05, 3.63) is 54.2 Å². The van der Waals surface area contributed by atoms with Gasteiger partial charge in [0.2, 0.25) is 0 Å². The number of sulfonamides is 1. The van der Waals surface area contributed by atoms with Crippen LogP contribution in [0.5, 0.6) is 0 Å². The molecule has 1 heterocycles. The van der Waals surface area contributed by atoms with Crippen molar-refractivity contribution in [2.45, 2.75) is 18.4 Å². The standard InChI is InChI=1S/C14H17N3O2S/c1-2-15-11-12-6-5-7-13(10-12)20(18,19)17-14-8-3-4-9-16-14/h3-10,15H,2,11H2,1H3,(H,16,17). The third-order valence-electron chi connectivity index (χ3n) is 2.69. The number of aromatic nitrogens is 1. The number of hydrogen-bond acceptors (Lipinski definition) is 4. The molecule has 2 N–H and O–H groups in total. The van der Waals surface area contributed by atoms with Crippen LogP contribution in [0.2, 0.25) is 0 Å². The molecule has 0 fully saturated rings. The first kappa shape index (κ1) is 14.5. The average Bonchev–Trinajstić information content (AvgIpc) is 2.46. The van der Waals surface area contributed by atoms with Crippen LogP contribution in [0.25, 0.3) is 0 Å². The second-order valence-corrected chi connectivity index (χ2v) is 5.93. The highest BCUT2D eigenvalue weighted by Gasteiger charge is 2.14. The molecule has 0 saturated carbocycles. The summed E-state index contributed by atoms with van der Waals surface area (Å²) >= 11 is 0. The Labute approximate surface area is 119 Å². The molecule has 6 heteroatoms. The molecule has 0 aliphatic rings. The predicted octanol–water partition coefficient (Wildman–Crippen LogP) is 1.99. The first-order valence-electron chi connectivity index (χ1n) is 6.35. The molecule has 1 aromatic heterocycles. The van der Waals surface area contributed by atoms with Gasteiger partial charge >= 0.3 is 0 Å². The lowest BCUT2D eigenvalue weighted by Crippen LogP contribution is -2.15. The van der Waals surface area contributed by atoms with Crippen molar-refractivity contribution < 1.29 is 8.42 Å². The van der Waals surface area contributed by atoms with E-state index < -0.39 is 10.0 Å². The number of nitrogens with one attached hydrogen (secondary N) is 2. The van der Waals surface area contributed by atoms with Crippen LogP contribution in [0.1, 0.15) is 12.5 Å². The number of rotatable bonds is 6. The minimum absolute atomic E-state index is 0.235. The lowest BCUT2D eigenvalue weighted by atomic mass is 10.2. The SMILES string of the molecule is CCNCc1cccc(S(=O)(=O)Nc2ccccn2)c1. The Morgan fingerprint density at radius 1 is 1.15 bits per heavy atom. The zero-order chi connectivity index (χ0) is 14.4. The zero-order valence-corrected chi connectivity index (χ0v) is 12.0. The molecular weight excluding hydrogens is 274 g/mol. The van der Waals surface area contributed by atoms with E-state index in [2.05, 4.69) is 15.0 Å². The fraction of sp³-hybridized carbons (Fsp3) is 0.214. The first-order chi connectivity index (χ1) is 9.62. The average molecular weight is 291 g/mol. The van der Waals surface area contributed by atoms with E-state index in [0.717, 1.165) is 12.1 Å². The van der Waals surface area contributed by atoms with Crippen molar-refractivity contribution in [2.75, 3.05) is 11.3 Å². The minimum Gasteiger partial charge on any atom is -0.313 e. The Bertz CT molecular complexity index is 657. The monoisotopic (exact) mass is 291 g/mol. The highest BCUT2D eigenvalue weighted by atomic mass is 32.2. The molecule has 0 radical (unpaired) electrons. The van der Waals surface area contributed by atoms with Crippen molar-refractivity contribution in [1.82, 2.24) is 10.3 Å². The van der Waals surface area contributed by atoms with E-state index in [-0.39, 0.29) is 4.90 Å². The summed E-state index contributed by atoms with van der Waals surface area (Å²) in [6.45, 7) is 3.48. The number of anilines is 1. The van der Waals surface area contributed by atoms with Crippen molar-refractivity contribution >= 4 is 15.8 Å². The van der Waals surface area contributed by atoms with Gasteiger partial charge in [-0.3, -0.25) is 4.72 Å². The van der Waals surface area contributed by atoms with Crippen molar-refractivity contribution in [2.24, 2.45) is 0 Å². The molecule has 5 nitrogen and oxygen atoms in total. The van der Waals surface area contributed by atoms with E-state index in [4.69, 9.17) is 0 Å². The number of nitrogens with zero attached hydrogens (tertiary/aromatic N) is 1. The van der Waals surface area contributed by atoms with Crippen LogP contribution >= 0.6 is 0 Å². The molecule has 0 amide bonds. The maximum atomic E-state index is 12.3. The summed E-state index contributed by atoms with van der Waals surface area (Å²) in [7, 11) is -3.60. The molecule has 0 spiro atoms. The zero-order valence-electron chi connectivity index (χ0n) is 11.2. The van der Waals surface area contributed by atoms with Crippen LogP contribution in [0, 0.1) is 0 Å². The molecule has 0 aliphatic heterocycles. The van der Waals surface area contributed by atoms with Gasteiger partial charge in [-0.05, 0) is 36.4 Å². The molecule has 106 valence electrons. The van der Waals surface area contributed by atoms with Gasteiger partial charge in [-0.1, -0.05) is 25.1 Å². The summed E-state index contributed by atoms with van der Waals surface area (Å²) in [5, 5.41) is 3.17. The van der Waals surface area contributed by atoms with E-state index in [9.17, 15) is 8.42 Å². The molecule has 0 saturated heterocycles. The van der Waals surface area contributed by atoms with E-state index in [1.165, 1.54) is 0 Å². The van der Waals surface area contributed by atoms with Crippen LogP contribution < -0.4 is 10.0 Å². The van der Waals surface area contributed by atoms with Crippen LogP contribution in [0.4, 0.5) is 5.82 Å². The molecule has 20 heavy (non-hydrogen) atoms. The van der Waals surface area contributed by atoms with Gasteiger partial charge in [-0.2, -0.15) is 0 Å². The second kappa shape index (κ2) is 6.49. The highest BCUT2D eigenvalue weighted by Crippen LogP contribution is 2.15. The summed E-state index contributed by atoms with van der Waals surface area (Å²) in [6.07, 6.45) is 1.54. The Morgan fingerprint density at radius 2 is 2.00 bits per heavy atom. The Kier molecular flexibility index (Phi) is 4.70. The van der Waals surface area contributed by atoms with Gasteiger partial charge < -0.3 is 5.32 Å². The number of pyridine rings is 1. The smallest absolute Gasteiger partial charge is 0.263 e. The van der Waals surface area contributed by atoms with Crippen LogP contribution in [-0.2, 0) is 16.6 Å². The predicted molar refractivity (Wildman–Crippen MR) is 78.9 cm³/mol. The number of hydrogen-bond donors (Lipinski definition) is 2. The van der Waals surface area contributed by atoms with Crippen molar-refractivity contribution in [1.29, 1.82) is 0 Å². The van der Waals surface area contributed by atoms with Gasteiger partial charge in [0.1, 0.15) is 5.82 Å². The number of benzene rings is 1. The molecule has 1 aromatic carbocycles. The maximum absolute atomic E-state index is 12.3. The summed E-state index contributed by atoms with van der Waals surface area (Å²) in [6, 6.07) is 11.9. The van der Waals surface area contributed by atoms with E-state index in [0.29, 0.717) is 12.4 Å². The molecule has 0 bridgehead atoms. The summed E-state index contributed by atoms with van der Waals surface area (Å²) in [5.74, 6) is 0.310. The fourth-order valence-electron chi connectivity index (χ4n) is 1.71. The highest BCUT2D eigenvalue weighted by molar-refractivity contribution is 7.92. The molecule has 0 atom stereocenters. The minimum atomic E-state index is -3.60. The van der Waals surface area contributed by atoms with E-state index in [1.807, 2.05) is 13.0 Å². The molecule has 2 aromatic rings. The van der Waals surface area contributed by atoms with Gasteiger partial charge in [0.05, 0.1) is 4.90 Å². The summed E-state index contributed by atoms with van der Waals surface area (Å²) in [4.78, 5) is 4.19. The lowest BCUT2D eigenvalue weighted by molar-refractivity contribution is 0.600. The summed E-state index contributed by atoms with van der Waals surface area (Å²) in [5.41, 5.74) is 0.927.